The number of nitriles is 1. The topological polar surface area (TPSA) is 56.9 Å². The molecule has 0 radical (unpaired) electrons. The molecule has 1 atom stereocenters. The fourth-order valence-corrected chi connectivity index (χ4v) is 1.97. The van der Waals surface area contributed by atoms with Crippen LogP contribution in [0.15, 0.2) is 36.7 Å². The minimum Gasteiger partial charge on any atom is -0.389 e. The first-order valence-electron chi connectivity index (χ1n) is 5.76. The number of nitrogens with zero attached hydrogens (tertiary/aromatic N) is 2. The van der Waals surface area contributed by atoms with Crippen molar-refractivity contribution >= 4 is 0 Å². The van der Waals surface area contributed by atoms with Gasteiger partial charge in [0, 0.05) is 18.0 Å². The lowest BCUT2D eigenvalue weighted by Gasteiger charge is -2.12. The first-order chi connectivity index (χ1) is 8.63. The van der Waals surface area contributed by atoms with Gasteiger partial charge in [0.25, 0.3) is 0 Å². The SMILES string of the molecule is Cc1cc(-c2cnccc2[C@@H](C)O)ccc1C#N. The molecule has 0 aliphatic rings. The first-order valence-corrected chi connectivity index (χ1v) is 5.76. The zero-order valence-electron chi connectivity index (χ0n) is 10.4. The maximum Gasteiger partial charge on any atom is 0.0994 e. The van der Waals surface area contributed by atoms with Crippen molar-refractivity contribution < 1.29 is 5.11 Å². The highest BCUT2D eigenvalue weighted by molar-refractivity contribution is 5.68. The summed E-state index contributed by atoms with van der Waals surface area (Å²) in [5, 5.41) is 18.7. The monoisotopic (exact) mass is 238 g/mol. The Balaban J connectivity index is 2.56. The molecular weight excluding hydrogens is 224 g/mol. The molecule has 3 heteroatoms. The van der Waals surface area contributed by atoms with Crippen molar-refractivity contribution in [2.45, 2.75) is 20.0 Å². The van der Waals surface area contributed by atoms with Gasteiger partial charge in [-0.3, -0.25) is 4.98 Å². The van der Waals surface area contributed by atoms with E-state index < -0.39 is 6.10 Å². The summed E-state index contributed by atoms with van der Waals surface area (Å²) in [4.78, 5) is 4.10. The molecule has 0 aliphatic carbocycles. The molecular formula is C15H14N2O. The first kappa shape index (κ1) is 12.3. The fraction of sp³-hybridized carbons (Fsp3) is 0.200. The molecule has 90 valence electrons. The summed E-state index contributed by atoms with van der Waals surface area (Å²) in [6, 6.07) is 9.58. The van der Waals surface area contributed by atoms with Gasteiger partial charge in [-0.15, -0.1) is 0 Å². The molecule has 0 bridgehead atoms. The smallest absolute Gasteiger partial charge is 0.0994 e. The molecule has 0 unspecified atom stereocenters. The van der Waals surface area contributed by atoms with Gasteiger partial charge in [0.2, 0.25) is 0 Å². The number of aryl methyl sites for hydroxylation is 1. The molecule has 0 saturated carbocycles. The zero-order valence-corrected chi connectivity index (χ0v) is 10.4. The summed E-state index contributed by atoms with van der Waals surface area (Å²) in [7, 11) is 0. The number of benzene rings is 1. The number of pyridine rings is 1. The van der Waals surface area contributed by atoms with E-state index in [1.165, 1.54) is 0 Å². The normalized spacial score (nSPS) is 11.9. The van der Waals surface area contributed by atoms with E-state index in [0.29, 0.717) is 5.56 Å². The Labute approximate surface area is 106 Å². The van der Waals surface area contributed by atoms with Crippen molar-refractivity contribution in [3.8, 4) is 17.2 Å². The van der Waals surface area contributed by atoms with Gasteiger partial charge in [-0.1, -0.05) is 12.1 Å². The van der Waals surface area contributed by atoms with E-state index in [9.17, 15) is 5.11 Å². The molecule has 1 N–H and O–H groups in total. The Morgan fingerprint density at radius 2 is 2.11 bits per heavy atom. The van der Waals surface area contributed by atoms with Gasteiger partial charge in [0.05, 0.1) is 17.7 Å². The van der Waals surface area contributed by atoms with Crippen LogP contribution in [0.5, 0.6) is 0 Å². The molecule has 0 aliphatic heterocycles. The van der Waals surface area contributed by atoms with Crippen LogP contribution in [0.25, 0.3) is 11.1 Å². The third-order valence-electron chi connectivity index (χ3n) is 2.96. The second-order valence-electron chi connectivity index (χ2n) is 4.28. The molecule has 1 heterocycles. The maximum absolute atomic E-state index is 9.76. The number of aliphatic hydroxyl groups excluding tert-OH is 1. The molecule has 1 aromatic carbocycles. The van der Waals surface area contributed by atoms with Crippen LogP contribution in [0.2, 0.25) is 0 Å². The summed E-state index contributed by atoms with van der Waals surface area (Å²) in [6.07, 6.45) is 2.87. The third kappa shape index (κ3) is 2.24. The van der Waals surface area contributed by atoms with Gasteiger partial charge in [-0.25, -0.2) is 0 Å². The Bertz CT molecular complexity index is 612. The Morgan fingerprint density at radius 1 is 1.33 bits per heavy atom. The van der Waals surface area contributed by atoms with Crippen LogP contribution in [-0.4, -0.2) is 10.1 Å². The molecule has 0 amide bonds. The second-order valence-corrected chi connectivity index (χ2v) is 4.28. The van der Waals surface area contributed by atoms with Crippen LogP contribution in [0.3, 0.4) is 0 Å². The van der Waals surface area contributed by atoms with E-state index in [4.69, 9.17) is 5.26 Å². The van der Waals surface area contributed by atoms with Crippen molar-refractivity contribution in [2.75, 3.05) is 0 Å². The van der Waals surface area contributed by atoms with Crippen LogP contribution in [-0.2, 0) is 0 Å². The largest absolute Gasteiger partial charge is 0.389 e. The number of rotatable bonds is 2. The number of hydrogen-bond acceptors (Lipinski definition) is 3. The van der Waals surface area contributed by atoms with E-state index in [1.54, 1.807) is 25.4 Å². The third-order valence-corrected chi connectivity index (χ3v) is 2.96. The highest BCUT2D eigenvalue weighted by Gasteiger charge is 2.10. The van der Waals surface area contributed by atoms with Gasteiger partial charge >= 0.3 is 0 Å². The van der Waals surface area contributed by atoms with Crippen LogP contribution in [0, 0.1) is 18.3 Å². The van der Waals surface area contributed by atoms with Gasteiger partial charge < -0.3 is 5.11 Å². The van der Waals surface area contributed by atoms with E-state index in [2.05, 4.69) is 11.1 Å². The second kappa shape index (κ2) is 4.99. The van der Waals surface area contributed by atoms with E-state index in [1.807, 2.05) is 25.1 Å². The van der Waals surface area contributed by atoms with E-state index in [-0.39, 0.29) is 0 Å². The maximum atomic E-state index is 9.76. The van der Waals surface area contributed by atoms with E-state index in [0.717, 1.165) is 22.3 Å². The lowest BCUT2D eigenvalue weighted by Crippen LogP contribution is -1.96. The summed E-state index contributed by atoms with van der Waals surface area (Å²) in [6.45, 7) is 3.63. The standard InChI is InChI=1S/C15H14N2O/c1-10-7-12(3-4-13(10)8-16)15-9-17-6-5-14(15)11(2)18/h3-7,9,11,18H,1-2H3/t11-/m1/s1. The Hall–Kier alpha value is -2.18. The number of aromatic nitrogens is 1. The Morgan fingerprint density at radius 3 is 2.72 bits per heavy atom. The average molecular weight is 238 g/mol. The molecule has 2 aromatic rings. The quantitative estimate of drug-likeness (QED) is 0.875. The van der Waals surface area contributed by atoms with Crippen LogP contribution in [0.4, 0.5) is 0 Å². The minimum atomic E-state index is -0.543. The lowest BCUT2D eigenvalue weighted by molar-refractivity contribution is 0.200. The lowest BCUT2D eigenvalue weighted by atomic mass is 9.96. The zero-order chi connectivity index (χ0) is 13.1. The predicted molar refractivity (Wildman–Crippen MR) is 69.8 cm³/mol. The Kier molecular flexibility index (Phi) is 3.40. The van der Waals surface area contributed by atoms with Crippen LogP contribution < -0.4 is 0 Å². The highest BCUT2D eigenvalue weighted by atomic mass is 16.3. The van der Waals surface area contributed by atoms with Crippen molar-refractivity contribution in [1.82, 2.24) is 4.98 Å². The summed E-state index contributed by atoms with van der Waals surface area (Å²) >= 11 is 0. The number of aliphatic hydroxyl groups is 1. The van der Waals surface area contributed by atoms with Crippen LogP contribution in [0.1, 0.15) is 29.7 Å². The average Bonchev–Trinajstić information content (AvgIpc) is 2.38. The van der Waals surface area contributed by atoms with Crippen molar-refractivity contribution in [2.24, 2.45) is 0 Å². The summed E-state index contributed by atoms with van der Waals surface area (Å²) in [5.74, 6) is 0. The van der Waals surface area contributed by atoms with Gasteiger partial charge in [0.15, 0.2) is 0 Å². The molecule has 1 aromatic heterocycles. The molecule has 0 fully saturated rings. The summed E-state index contributed by atoms with van der Waals surface area (Å²) in [5.41, 5.74) is 4.31. The molecule has 18 heavy (non-hydrogen) atoms. The number of hydrogen-bond donors (Lipinski definition) is 1. The molecule has 2 rings (SSSR count). The van der Waals surface area contributed by atoms with Gasteiger partial charge in [-0.05, 0) is 42.7 Å². The van der Waals surface area contributed by atoms with E-state index >= 15 is 0 Å². The minimum absolute atomic E-state index is 0.543. The molecule has 0 spiro atoms. The van der Waals surface area contributed by atoms with Crippen molar-refractivity contribution in [3.63, 3.8) is 0 Å². The van der Waals surface area contributed by atoms with Crippen molar-refractivity contribution in [3.05, 3.63) is 53.3 Å². The predicted octanol–water partition coefficient (Wildman–Crippen LogP) is 2.98. The fourth-order valence-electron chi connectivity index (χ4n) is 1.97. The molecule has 3 nitrogen and oxygen atoms in total. The van der Waals surface area contributed by atoms with Gasteiger partial charge in [0.1, 0.15) is 0 Å². The van der Waals surface area contributed by atoms with Crippen LogP contribution >= 0.6 is 0 Å². The highest BCUT2D eigenvalue weighted by Crippen LogP contribution is 2.28. The van der Waals surface area contributed by atoms with Gasteiger partial charge in [-0.2, -0.15) is 5.26 Å². The summed E-state index contributed by atoms with van der Waals surface area (Å²) < 4.78 is 0. The van der Waals surface area contributed by atoms with Crippen molar-refractivity contribution in [1.29, 1.82) is 5.26 Å². The molecule has 0 saturated heterocycles.